The van der Waals surface area contributed by atoms with Crippen LogP contribution in [0, 0.1) is 5.92 Å². The highest BCUT2D eigenvalue weighted by atomic mass is 16.1. The molecule has 1 aliphatic carbocycles. The van der Waals surface area contributed by atoms with E-state index in [-0.39, 0.29) is 5.91 Å². The second kappa shape index (κ2) is 6.50. The maximum absolute atomic E-state index is 12.4. The van der Waals surface area contributed by atoms with Gasteiger partial charge in [-0.05, 0) is 30.4 Å². The molecule has 3 heteroatoms. The summed E-state index contributed by atoms with van der Waals surface area (Å²) in [4.78, 5) is 12.4. The second-order valence-electron chi connectivity index (χ2n) is 6.66. The lowest BCUT2D eigenvalue weighted by Crippen LogP contribution is -2.39. The molecule has 2 N–H and O–H groups in total. The van der Waals surface area contributed by atoms with Crippen molar-refractivity contribution in [3.63, 3.8) is 0 Å². The van der Waals surface area contributed by atoms with E-state index in [1.807, 2.05) is 6.07 Å². The number of para-hydroxylation sites is 1. The van der Waals surface area contributed by atoms with Crippen LogP contribution in [0.2, 0.25) is 0 Å². The van der Waals surface area contributed by atoms with Crippen LogP contribution in [0.3, 0.4) is 0 Å². The van der Waals surface area contributed by atoms with Gasteiger partial charge in [-0.2, -0.15) is 0 Å². The van der Waals surface area contributed by atoms with Gasteiger partial charge in [-0.3, -0.25) is 4.79 Å². The molecule has 3 atom stereocenters. The average molecular weight is 286 g/mol. The predicted molar refractivity (Wildman–Crippen MR) is 86.5 cm³/mol. The smallest absolute Gasteiger partial charge is 0.220 e. The highest BCUT2D eigenvalue weighted by Crippen LogP contribution is 2.33. The molecule has 1 fully saturated rings. The first kappa shape index (κ1) is 14.4. The third-order valence-electron chi connectivity index (χ3n) is 5.08. The number of nitrogens with one attached hydrogen (secondary N) is 2. The number of amides is 1. The molecule has 1 aromatic carbocycles. The summed E-state index contributed by atoms with van der Waals surface area (Å²) in [5.41, 5.74) is 2.49. The van der Waals surface area contributed by atoms with Gasteiger partial charge in [0.2, 0.25) is 5.91 Å². The summed E-state index contributed by atoms with van der Waals surface area (Å²) in [6.07, 6.45) is 6.88. The minimum atomic E-state index is 0.220. The van der Waals surface area contributed by atoms with Gasteiger partial charge >= 0.3 is 0 Å². The van der Waals surface area contributed by atoms with Gasteiger partial charge in [0.15, 0.2) is 0 Å². The van der Waals surface area contributed by atoms with Crippen molar-refractivity contribution in [2.24, 2.45) is 5.92 Å². The zero-order chi connectivity index (χ0) is 14.7. The lowest BCUT2D eigenvalue weighted by Gasteiger charge is -2.23. The largest absolute Gasteiger partial charge is 0.384 e. The van der Waals surface area contributed by atoms with E-state index in [0.717, 1.165) is 13.0 Å². The fourth-order valence-electron chi connectivity index (χ4n) is 3.74. The van der Waals surface area contributed by atoms with Crippen LogP contribution in [0.15, 0.2) is 24.3 Å². The molecule has 3 rings (SSSR count). The summed E-state index contributed by atoms with van der Waals surface area (Å²) in [5.74, 6) is 1.16. The lowest BCUT2D eigenvalue weighted by atomic mass is 9.95. The number of hydrogen-bond acceptors (Lipinski definition) is 2. The Morgan fingerprint density at radius 1 is 1.24 bits per heavy atom. The Hall–Kier alpha value is -1.51. The summed E-state index contributed by atoms with van der Waals surface area (Å²) in [5, 5.41) is 6.70. The van der Waals surface area contributed by atoms with Gasteiger partial charge in [0.1, 0.15) is 0 Å². The molecule has 3 unspecified atom stereocenters. The molecule has 0 bridgehead atoms. The van der Waals surface area contributed by atoms with Gasteiger partial charge in [-0.1, -0.05) is 44.4 Å². The fourth-order valence-corrected chi connectivity index (χ4v) is 3.74. The summed E-state index contributed by atoms with van der Waals surface area (Å²) < 4.78 is 0. The van der Waals surface area contributed by atoms with Crippen LogP contribution in [0.25, 0.3) is 0 Å². The van der Waals surface area contributed by atoms with Crippen LogP contribution < -0.4 is 10.6 Å². The van der Waals surface area contributed by atoms with Crippen molar-refractivity contribution in [1.29, 1.82) is 0 Å². The van der Waals surface area contributed by atoms with Crippen LogP contribution >= 0.6 is 0 Å². The molecule has 3 nitrogen and oxygen atoms in total. The number of benzene rings is 1. The van der Waals surface area contributed by atoms with Crippen molar-refractivity contribution in [2.75, 3.05) is 11.9 Å². The molecule has 1 aromatic rings. The third-order valence-corrected chi connectivity index (χ3v) is 5.08. The number of rotatable bonds is 3. The first-order chi connectivity index (χ1) is 10.2. The first-order valence-electron chi connectivity index (χ1n) is 8.36. The van der Waals surface area contributed by atoms with E-state index in [1.165, 1.54) is 36.9 Å². The number of fused-ring (bicyclic) bond motifs is 1. The Kier molecular flexibility index (Phi) is 4.47. The van der Waals surface area contributed by atoms with Gasteiger partial charge in [0, 0.05) is 30.6 Å². The molecule has 0 aromatic heterocycles. The average Bonchev–Trinajstić information content (AvgIpc) is 2.77. The maximum Gasteiger partial charge on any atom is 0.220 e. The monoisotopic (exact) mass is 286 g/mol. The fraction of sp³-hybridized carbons (Fsp3) is 0.611. The molecule has 114 valence electrons. The standard InChI is InChI=1S/C18H26N2O/c1-13-7-3-2-4-9-16(13)20-18(21)11-14-12-19-17-10-6-5-8-15(14)17/h5-6,8,10,13-14,16,19H,2-4,7,9,11-12H2,1H3,(H,20,21). The lowest BCUT2D eigenvalue weighted by molar-refractivity contribution is -0.122. The van der Waals surface area contributed by atoms with E-state index in [9.17, 15) is 4.79 Å². The normalized spacial score (nSPS) is 28.3. The topological polar surface area (TPSA) is 41.1 Å². The highest BCUT2D eigenvalue weighted by Gasteiger charge is 2.26. The molecular weight excluding hydrogens is 260 g/mol. The summed E-state index contributed by atoms with van der Waals surface area (Å²) in [6.45, 7) is 3.16. The quantitative estimate of drug-likeness (QED) is 0.832. The minimum Gasteiger partial charge on any atom is -0.384 e. The number of anilines is 1. The summed E-state index contributed by atoms with van der Waals surface area (Å²) >= 11 is 0. The van der Waals surface area contributed by atoms with Crippen molar-refractivity contribution in [2.45, 2.75) is 57.4 Å². The Bertz CT molecular complexity index is 500. The number of carbonyl (C=O) groups is 1. The molecule has 1 amide bonds. The zero-order valence-corrected chi connectivity index (χ0v) is 12.9. The van der Waals surface area contributed by atoms with E-state index in [1.54, 1.807) is 0 Å². The van der Waals surface area contributed by atoms with Gasteiger partial charge in [0.05, 0.1) is 0 Å². The van der Waals surface area contributed by atoms with E-state index in [2.05, 4.69) is 35.8 Å². The highest BCUT2D eigenvalue weighted by molar-refractivity contribution is 5.78. The van der Waals surface area contributed by atoms with Gasteiger partial charge in [0.25, 0.3) is 0 Å². The molecule has 2 aliphatic rings. The van der Waals surface area contributed by atoms with E-state index in [4.69, 9.17) is 0 Å². The first-order valence-corrected chi connectivity index (χ1v) is 8.36. The predicted octanol–water partition coefficient (Wildman–Crippen LogP) is 3.67. The Morgan fingerprint density at radius 3 is 2.95 bits per heavy atom. The van der Waals surface area contributed by atoms with Crippen molar-refractivity contribution >= 4 is 11.6 Å². The van der Waals surface area contributed by atoms with E-state index >= 15 is 0 Å². The van der Waals surface area contributed by atoms with Crippen LogP contribution in [0.4, 0.5) is 5.69 Å². The van der Waals surface area contributed by atoms with Gasteiger partial charge in [-0.25, -0.2) is 0 Å². The Labute approximate surface area is 127 Å². The molecule has 21 heavy (non-hydrogen) atoms. The van der Waals surface area contributed by atoms with E-state index in [0.29, 0.717) is 24.3 Å². The Morgan fingerprint density at radius 2 is 2.05 bits per heavy atom. The molecule has 0 radical (unpaired) electrons. The van der Waals surface area contributed by atoms with Crippen LogP contribution in [-0.4, -0.2) is 18.5 Å². The van der Waals surface area contributed by atoms with Gasteiger partial charge in [-0.15, -0.1) is 0 Å². The van der Waals surface area contributed by atoms with Crippen LogP contribution in [-0.2, 0) is 4.79 Å². The third kappa shape index (κ3) is 3.39. The molecule has 0 saturated heterocycles. The molecule has 1 saturated carbocycles. The molecule has 1 aliphatic heterocycles. The minimum absolute atomic E-state index is 0.220. The maximum atomic E-state index is 12.4. The van der Waals surface area contributed by atoms with Crippen LogP contribution in [0.1, 0.15) is 56.9 Å². The van der Waals surface area contributed by atoms with Gasteiger partial charge < -0.3 is 10.6 Å². The van der Waals surface area contributed by atoms with E-state index < -0.39 is 0 Å². The number of hydrogen-bond donors (Lipinski definition) is 2. The Balaban J connectivity index is 1.57. The van der Waals surface area contributed by atoms with Crippen molar-refractivity contribution in [3.05, 3.63) is 29.8 Å². The van der Waals surface area contributed by atoms with Crippen molar-refractivity contribution in [3.8, 4) is 0 Å². The van der Waals surface area contributed by atoms with Crippen LogP contribution in [0.5, 0.6) is 0 Å². The molecule has 0 spiro atoms. The van der Waals surface area contributed by atoms with Crippen molar-refractivity contribution in [1.82, 2.24) is 5.32 Å². The summed E-state index contributed by atoms with van der Waals surface area (Å²) in [6, 6.07) is 8.72. The zero-order valence-electron chi connectivity index (χ0n) is 12.9. The second-order valence-corrected chi connectivity index (χ2v) is 6.66. The van der Waals surface area contributed by atoms with Crippen molar-refractivity contribution < 1.29 is 4.79 Å². The molecular formula is C18H26N2O. The SMILES string of the molecule is CC1CCCCCC1NC(=O)CC1CNc2ccccc21. The number of carbonyl (C=O) groups excluding carboxylic acids is 1. The molecule has 1 heterocycles. The summed E-state index contributed by atoms with van der Waals surface area (Å²) in [7, 11) is 0.